The maximum Gasteiger partial charge on any atom is 0.410 e. The van der Waals surface area contributed by atoms with Crippen molar-refractivity contribution in [1.29, 1.82) is 0 Å². The standard InChI is InChI=1S/C15H25N3O4.C10H17N3O2/c1-15(2,3)22-14(21)17-9-7-16(8-10-17)13(20)11-18-6-4-5-12(18)19;14-9-2-1-5-13(9)8-10(15)12-6-3-11-4-7-12/h4-11H2,1-3H3;11H,1-8H2. The summed E-state index contributed by atoms with van der Waals surface area (Å²) in [6.07, 6.45) is 2.54. The fourth-order valence-electron chi connectivity index (χ4n) is 4.65. The SMILES string of the molecule is CC(C)(C)OC(=O)N1CCN(C(=O)CN2CCCC2=O)CC1.O=C(CN1CCCC1=O)N1CCNCC1. The first kappa shape index (κ1) is 28.7. The number of carbonyl (C=O) groups excluding carboxylic acids is 5. The maximum atomic E-state index is 12.2. The molecule has 4 rings (SSSR count). The van der Waals surface area contributed by atoms with E-state index in [0.717, 1.165) is 45.6 Å². The fourth-order valence-corrected chi connectivity index (χ4v) is 4.65. The van der Waals surface area contributed by atoms with Crippen LogP contribution in [0.5, 0.6) is 0 Å². The number of nitrogens with zero attached hydrogens (tertiary/aromatic N) is 5. The average molecular weight is 523 g/mol. The van der Waals surface area contributed by atoms with E-state index in [1.165, 1.54) is 0 Å². The van der Waals surface area contributed by atoms with Crippen molar-refractivity contribution in [3.8, 4) is 0 Å². The number of rotatable bonds is 4. The second-order valence-electron chi connectivity index (χ2n) is 10.8. The van der Waals surface area contributed by atoms with Crippen LogP contribution in [0.15, 0.2) is 0 Å². The number of likely N-dealkylation sites (tertiary alicyclic amines) is 2. The van der Waals surface area contributed by atoms with Gasteiger partial charge in [-0.25, -0.2) is 4.79 Å². The summed E-state index contributed by atoms with van der Waals surface area (Å²) in [4.78, 5) is 67.3. The Bertz CT molecular complexity index is 845. The molecular weight excluding hydrogens is 480 g/mol. The summed E-state index contributed by atoms with van der Waals surface area (Å²) < 4.78 is 5.33. The van der Waals surface area contributed by atoms with Gasteiger partial charge in [0.1, 0.15) is 5.60 Å². The Balaban J connectivity index is 0.000000220. The Kier molecular flexibility index (Phi) is 10.1. The highest BCUT2D eigenvalue weighted by atomic mass is 16.6. The van der Waals surface area contributed by atoms with Crippen LogP contribution in [0.1, 0.15) is 46.5 Å². The van der Waals surface area contributed by atoms with Crippen molar-refractivity contribution >= 4 is 29.7 Å². The van der Waals surface area contributed by atoms with Gasteiger partial charge in [-0.15, -0.1) is 0 Å². The van der Waals surface area contributed by atoms with Crippen LogP contribution in [0.4, 0.5) is 4.79 Å². The monoisotopic (exact) mass is 522 g/mol. The summed E-state index contributed by atoms with van der Waals surface area (Å²) in [6.45, 7) is 12.5. The van der Waals surface area contributed by atoms with Crippen molar-refractivity contribution in [2.45, 2.75) is 52.1 Å². The van der Waals surface area contributed by atoms with E-state index in [2.05, 4.69) is 5.32 Å². The lowest BCUT2D eigenvalue weighted by Gasteiger charge is -2.36. The molecule has 1 N–H and O–H groups in total. The van der Waals surface area contributed by atoms with Crippen LogP contribution in [0.3, 0.4) is 0 Å². The fraction of sp³-hybridized carbons (Fsp3) is 0.800. The van der Waals surface area contributed by atoms with Crippen molar-refractivity contribution in [2.24, 2.45) is 0 Å². The van der Waals surface area contributed by atoms with Crippen molar-refractivity contribution in [3.63, 3.8) is 0 Å². The molecule has 0 atom stereocenters. The Morgan fingerprint density at radius 2 is 1.14 bits per heavy atom. The van der Waals surface area contributed by atoms with Crippen LogP contribution in [0, 0.1) is 0 Å². The average Bonchev–Trinajstić information content (AvgIpc) is 3.46. The molecular formula is C25H42N6O6. The third kappa shape index (κ3) is 8.87. The van der Waals surface area contributed by atoms with E-state index in [9.17, 15) is 24.0 Å². The van der Waals surface area contributed by atoms with Crippen molar-refractivity contribution in [1.82, 2.24) is 29.8 Å². The largest absolute Gasteiger partial charge is 0.444 e. The molecule has 37 heavy (non-hydrogen) atoms. The molecule has 4 aliphatic rings. The van der Waals surface area contributed by atoms with Gasteiger partial charge in [0, 0.05) is 78.3 Å². The zero-order chi connectivity index (χ0) is 27.0. The van der Waals surface area contributed by atoms with E-state index in [0.29, 0.717) is 45.6 Å². The lowest BCUT2D eigenvalue weighted by molar-refractivity contribution is -0.139. The lowest BCUT2D eigenvalue weighted by atomic mass is 10.2. The number of carbonyl (C=O) groups is 5. The molecule has 0 saturated carbocycles. The second-order valence-corrected chi connectivity index (χ2v) is 10.8. The minimum atomic E-state index is -0.514. The topological polar surface area (TPSA) is 123 Å². The van der Waals surface area contributed by atoms with Crippen molar-refractivity contribution in [3.05, 3.63) is 0 Å². The Morgan fingerprint density at radius 1 is 0.703 bits per heavy atom. The molecule has 0 unspecified atom stereocenters. The van der Waals surface area contributed by atoms with Crippen LogP contribution in [0.25, 0.3) is 0 Å². The van der Waals surface area contributed by atoms with Gasteiger partial charge in [-0.3, -0.25) is 19.2 Å². The Hall–Kier alpha value is -2.89. The molecule has 4 fully saturated rings. The number of piperazine rings is 2. The summed E-state index contributed by atoms with van der Waals surface area (Å²) in [5.41, 5.74) is -0.514. The highest BCUT2D eigenvalue weighted by Crippen LogP contribution is 2.14. The zero-order valence-corrected chi connectivity index (χ0v) is 22.5. The predicted octanol–water partition coefficient (Wildman–Crippen LogP) is -0.271. The molecule has 4 saturated heterocycles. The molecule has 0 spiro atoms. The van der Waals surface area contributed by atoms with E-state index in [1.54, 1.807) is 19.6 Å². The summed E-state index contributed by atoms with van der Waals surface area (Å²) >= 11 is 0. The third-order valence-corrected chi connectivity index (χ3v) is 6.75. The lowest BCUT2D eigenvalue weighted by Crippen LogP contribution is -2.53. The molecule has 12 heteroatoms. The molecule has 0 aromatic rings. The molecule has 0 aromatic carbocycles. The molecule has 0 bridgehead atoms. The molecule has 0 aliphatic carbocycles. The number of ether oxygens (including phenoxy) is 1. The minimum absolute atomic E-state index is 0.0425. The molecule has 5 amide bonds. The van der Waals surface area contributed by atoms with Gasteiger partial charge in [-0.05, 0) is 33.6 Å². The van der Waals surface area contributed by atoms with Gasteiger partial charge in [-0.1, -0.05) is 0 Å². The first-order valence-electron chi connectivity index (χ1n) is 13.3. The molecule has 12 nitrogen and oxygen atoms in total. The summed E-state index contributed by atoms with van der Waals surface area (Å²) in [6, 6.07) is 0. The second kappa shape index (κ2) is 13.1. The smallest absolute Gasteiger partial charge is 0.410 e. The van der Waals surface area contributed by atoms with Gasteiger partial charge < -0.3 is 34.6 Å². The molecule has 0 radical (unpaired) electrons. The Labute approximate surface area is 219 Å². The van der Waals surface area contributed by atoms with E-state index >= 15 is 0 Å². The number of nitrogens with one attached hydrogen (secondary N) is 1. The minimum Gasteiger partial charge on any atom is -0.444 e. The van der Waals surface area contributed by atoms with Crippen molar-refractivity contribution in [2.75, 3.05) is 78.5 Å². The number of hydrogen-bond acceptors (Lipinski definition) is 7. The van der Waals surface area contributed by atoms with Gasteiger partial charge in [0.25, 0.3) is 0 Å². The van der Waals surface area contributed by atoms with Crippen LogP contribution < -0.4 is 5.32 Å². The first-order valence-corrected chi connectivity index (χ1v) is 13.3. The summed E-state index contributed by atoms with van der Waals surface area (Å²) in [5.74, 6) is 0.227. The Morgan fingerprint density at radius 3 is 1.54 bits per heavy atom. The zero-order valence-electron chi connectivity index (χ0n) is 22.5. The van der Waals surface area contributed by atoms with Crippen LogP contribution >= 0.6 is 0 Å². The molecule has 208 valence electrons. The first-order chi connectivity index (χ1) is 17.5. The highest BCUT2D eigenvalue weighted by Gasteiger charge is 2.30. The van der Waals surface area contributed by atoms with Crippen LogP contribution in [-0.4, -0.2) is 138 Å². The summed E-state index contributed by atoms with van der Waals surface area (Å²) in [7, 11) is 0. The normalized spacial score (nSPS) is 20.7. The number of hydrogen-bond donors (Lipinski definition) is 1. The van der Waals surface area contributed by atoms with E-state index < -0.39 is 5.60 Å². The van der Waals surface area contributed by atoms with Crippen LogP contribution in [0.2, 0.25) is 0 Å². The van der Waals surface area contributed by atoms with Crippen LogP contribution in [-0.2, 0) is 23.9 Å². The van der Waals surface area contributed by atoms with E-state index in [4.69, 9.17) is 4.74 Å². The highest BCUT2D eigenvalue weighted by molar-refractivity contribution is 5.86. The molecule has 0 aromatic heterocycles. The third-order valence-electron chi connectivity index (χ3n) is 6.75. The van der Waals surface area contributed by atoms with Crippen molar-refractivity contribution < 1.29 is 28.7 Å². The molecule has 4 heterocycles. The summed E-state index contributed by atoms with van der Waals surface area (Å²) in [5, 5.41) is 3.20. The van der Waals surface area contributed by atoms with Gasteiger partial charge in [-0.2, -0.15) is 0 Å². The quantitative estimate of drug-likeness (QED) is 0.539. The van der Waals surface area contributed by atoms with Gasteiger partial charge >= 0.3 is 6.09 Å². The van der Waals surface area contributed by atoms with Gasteiger partial charge in [0.2, 0.25) is 23.6 Å². The van der Waals surface area contributed by atoms with Gasteiger partial charge in [0.15, 0.2) is 0 Å². The predicted molar refractivity (Wildman–Crippen MR) is 135 cm³/mol. The number of amides is 5. The maximum absolute atomic E-state index is 12.2. The van der Waals surface area contributed by atoms with E-state index in [1.807, 2.05) is 25.7 Å². The van der Waals surface area contributed by atoms with Gasteiger partial charge in [0.05, 0.1) is 13.1 Å². The van der Waals surface area contributed by atoms with E-state index in [-0.39, 0.29) is 42.8 Å². The molecule has 4 aliphatic heterocycles.